The van der Waals surface area contributed by atoms with Gasteiger partial charge in [0.15, 0.2) is 0 Å². The molecule has 0 aromatic rings. The Hall–Kier alpha value is -0.860. The highest BCUT2D eigenvalue weighted by Crippen LogP contribution is 2.70. The molecule has 0 N–H and O–H groups in total. The van der Waals surface area contributed by atoms with E-state index in [1.807, 2.05) is 0 Å². The van der Waals surface area contributed by atoms with Gasteiger partial charge in [0.05, 0.1) is 0 Å². The lowest BCUT2D eigenvalue weighted by Crippen LogP contribution is -2.17. The number of carbonyl (C=O) groups excluding carboxylic acids is 2. The fourth-order valence-electron chi connectivity index (χ4n) is 3.41. The summed E-state index contributed by atoms with van der Waals surface area (Å²) in [7, 11) is 0. The molecule has 2 saturated carbocycles. The smallest absolute Gasteiger partial charge is 0.317 e. The van der Waals surface area contributed by atoms with Crippen molar-refractivity contribution in [3.8, 4) is 0 Å². The van der Waals surface area contributed by atoms with Gasteiger partial charge in [-0.05, 0) is 12.8 Å². The lowest BCUT2D eigenvalue weighted by Gasteiger charge is -2.13. The number of hydrogen-bond donors (Lipinski definition) is 0. The number of ketones is 1. The average molecular weight is 194 g/mol. The molecular formula is C11H14O3. The van der Waals surface area contributed by atoms with Crippen molar-refractivity contribution in [2.24, 2.45) is 17.8 Å². The summed E-state index contributed by atoms with van der Waals surface area (Å²) in [5, 5.41) is 0. The molecule has 2 aliphatic carbocycles. The third-order valence-corrected chi connectivity index (χ3v) is 4.11. The summed E-state index contributed by atoms with van der Waals surface area (Å²) in [5.41, 5.74) is -0.189. The molecular weight excluding hydrogens is 180 g/mol. The summed E-state index contributed by atoms with van der Waals surface area (Å²) in [6.07, 6.45) is 3.78. The van der Waals surface area contributed by atoms with Crippen LogP contribution in [0.1, 0.15) is 32.6 Å². The lowest BCUT2D eigenvalue weighted by molar-refractivity contribution is -0.150. The summed E-state index contributed by atoms with van der Waals surface area (Å²) in [6, 6.07) is 0. The SMILES string of the molecule is CCCCC12OC(=O)C3C(=O)CC1C32. The van der Waals surface area contributed by atoms with E-state index in [4.69, 9.17) is 4.74 Å². The number of fused-ring (bicyclic) bond motifs is 1. The van der Waals surface area contributed by atoms with E-state index in [0.29, 0.717) is 12.3 Å². The molecule has 3 fully saturated rings. The van der Waals surface area contributed by atoms with Crippen LogP contribution >= 0.6 is 0 Å². The van der Waals surface area contributed by atoms with Crippen molar-refractivity contribution in [3.05, 3.63) is 0 Å². The lowest BCUT2D eigenvalue weighted by atomic mass is 9.97. The molecule has 1 saturated heterocycles. The van der Waals surface area contributed by atoms with Crippen LogP contribution in [0.3, 0.4) is 0 Å². The predicted molar refractivity (Wildman–Crippen MR) is 48.4 cm³/mol. The molecule has 1 aliphatic heterocycles. The van der Waals surface area contributed by atoms with E-state index < -0.39 is 0 Å². The summed E-state index contributed by atoms with van der Waals surface area (Å²) in [4.78, 5) is 22.8. The van der Waals surface area contributed by atoms with Gasteiger partial charge in [-0.2, -0.15) is 0 Å². The number of rotatable bonds is 3. The third-order valence-electron chi connectivity index (χ3n) is 4.11. The van der Waals surface area contributed by atoms with Crippen LogP contribution in [-0.2, 0) is 14.3 Å². The normalized spacial score (nSPS) is 47.9. The molecule has 3 nitrogen and oxygen atoms in total. The Morgan fingerprint density at radius 3 is 3.00 bits per heavy atom. The first-order valence-corrected chi connectivity index (χ1v) is 5.46. The monoisotopic (exact) mass is 194 g/mol. The quantitative estimate of drug-likeness (QED) is 0.502. The highest BCUT2D eigenvalue weighted by molar-refractivity contribution is 6.05. The molecule has 0 radical (unpaired) electrons. The first-order valence-electron chi connectivity index (χ1n) is 5.46. The van der Waals surface area contributed by atoms with Crippen LogP contribution in [0, 0.1) is 17.8 Å². The van der Waals surface area contributed by atoms with E-state index in [9.17, 15) is 9.59 Å². The Morgan fingerprint density at radius 1 is 1.50 bits per heavy atom. The highest BCUT2D eigenvalue weighted by Gasteiger charge is 2.81. The second-order valence-corrected chi connectivity index (χ2v) is 4.76. The number of unbranched alkanes of at least 4 members (excludes halogenated alkanes) is 1. The van der Waals surface area contributed by atoms with Gasteiger partial charge in [0, 0.05) is 18.3 Å². The molecule has 14 heavy (non-hydrogen) atoms. The summed E-state index contributed by atoms with van der Waals surface area (Å²) < 4.78 is 5.42. The summed E-state index contributed by atoms with van der Waals surface area (Å²) in [6.45, 7) is 2.13. The molecule has 0 aromatic carbocycles. The molecule has 4 unspecified atom stereocenters. The van der Waals surface area contributed by atoms with Crippen molar-refractivity contribution < 1.29 is 14.3 Å². The van der Waals surface area contributed by atoms with Crippen molar-refractivity contribution in [3.63, 3.8) is 0 Å². The Kier molecular flexibility index (Phi) is 1.44. The Balaban J connectivity index is 1.82. The standard InChI is InChI=1S/C11H14O3/c1-2-3-4-11-6-5-7(12)8(9(6)11)10(13)14-11/h6,8-9H,2-5H2,1H3. The van der Waals surface area contributed by atoms with Gasteiger partial charge in [-0.1, -0.05) is 13.3 Å². The molecule has 1 heterocycles. The molecule has 0 aromatic heterocycles. The van der Waals surface area contributed by atoms with Crippen LogP contribution in [0.5, 0.6) is 0 Å². The minimum atomic E-state index is -0.378. The first-order chi connectivity index (χ1) is 6.70. The number of hydrogen-bond acceptors (Lipinski definition) is 3. The average Bonchev–Trinajstić information content (AvgIpc) is 2.54. The van der Waals surface area contributed by atoms with Crippen LogP contribution in [0.2, 0.25) is 0 Å². The fourth-order valence-corrected chi connectivity index (χ4v) is 3.41. The number of esters is 1. The van der Waals surface area contributed by atoms with Crippen molar-refractivity contribution >= 4 is 11.8 Å². The molecule has 4 atom stereocenters. The number of carbonyl (C=O) groups is 2. The van der Waals surface area contributed by atoms with E-state index in [-0.39, 0.29) is 29.2 Å². The van der Waals surface area contributed by atoms with Gasteiger partial charge in [-0.15, -0.1) is 0 Å². The summed E-state index contributed by atoms with van der Waals surface area (Å²) >= 11 is 0. The summed E-state index contributed by atoms with van der Waals surface area (Å²) in [5.74, 6) is 0.134. The molecule has 0 bridgehead atoms. The van der Waals surface area contributed by atoms with Crippen molar-refractivity contribution in [1.29, 1.82) is 0 Å². The third kappa shape index (κ3) is 0.748. The molecule has 3 rings (SSSR count). The van der Waals surface area contributed by atoms with Gasteiger partial charge in [-0.3, -0.25) is 9.59 Å². The van der Waals surface area contributed by atoms with Gasteiger partial charge >= 0.3 is 5.97 Å². The van der Waals surface area contributed by atoms with Crippen LogP contribution in [0.25, 0.3) is 0 Å². The Labute approximate surface area is 82.8 Å². The van der Waals surface area contributed by atoms with E-state index in [1.54, 1.807) is 0 Å². The van der Waals surface area contributed by atoms with Crippen LogP contribution in [0.4, 0.5) is 0 Å². The fraction of sp³-hybridized carbons (Fsp3) is 0.818. The largest absolute Gasteiger partial charge is 0.458 e. The van der Waals surface area contributed by atoms with Crippen molar-refractivity contribution in [2.45, 2.75) is 38.2 Å². The Morgan fingerprint density at radius 2 is 2.29 bits per heavy atom. The highest BCUT2D eigenvalue weighted by atomic mass is 16.6. The maximum atomic E-state index is 11.4. The molecule has 3 aliphatic rings. The van der Waals surface area contributed by atoms with E-state index in [2.05, 4.69) is 6.92 Å². The first kappa shape index (κ1) is 8.45. The molecule has 0 spiro atoms. The minimum absolute atomic E-state index is 0.120. The molecule has 3 heteroatoms. The maximum Gasteiger partial charge on any atom is 0.317 e. The molecule has 76 valence electrons. The van der Waals surface area contributed by atoms with E-state index in [0.717, 1.165) is 19.3 Å². The van der Waals surface area contributed by atoms with Gasteiger partial charge in [-0.25, -0.2) is 0 Å². The van der Waals surface area contributed by atoms with Crippen molar-refractivity contribution in [2.75, 3.05) is 0 Å². The van der Waals surface area contributed by atoms with Gasteiger partial charge in [0.1, 0.15) is 17.3 Å². The van der Waals surface area contributed by atoms with Gasteiger partial charge in [0.2, 0.25) is 0 Å². The zero-order valence-electron chi connectivity index (χ0n) is 8.29. The second kappa shape index (κ2) is 2.38. The van der Waals surface area contributed by atoms with Crippen LogP contribution in [0.15, 0.2) is 0 Å². The van der Waals surface area contributed by atoms with Gasteiger partial charge in [0.25, 0.3) is 0 Å². The van der Waals surface area contributed by atoms with E-state index in [1.165, 1.54) is 0 Å². The van der Waals surface area contributed by atoms with E-state index >= 15 is 0 Å². The zero-order chi connectivity index (χ0) is 9.92. The predicted octanol–water partition coefficient (Wildman–Crippen LogP) is 1.31. The van der Waals surface area contributed by atoms with Gasteiger partial charge < -0.3 is 4.74 Å². The van der Waals surface area contributed by atoms with Crippen LogP contribution < -0.4 is 0 Å². The van der Waals surface area contributed by atoms with Crippen molar-refractivity contribution in [1.82, 2.24) is 0 Å². The topological polar surface area (TPSA) is 43.4 Å². The minimum Gasteiger partial charge on any atom is -0.458 e. The Bertz CT molecular complexity index is 322. The maximum absolute atomic E-state index is 11.4. The zero-order valence-corrected chi connectivity index (χ0v) is 8.29. The second-order valence-electron chi connectivity index (χ2n) is 4.76. The van der Waals surface area contributed by atoms with Crippen LogP contribution in [-0.4, -0.2) is 17.4 Å². The number of ether oxygens (including phenoxy) is 1. The number of Topliss-reactive ketones (excluding diaryl/α,β-unsaturated/α-hetero) is 1. The molecule has 0 amide bonds.